The summed E-state index contributed by atoms with van der Waals surface area (Å²) in [5.41, 5.74) is 5.69. The molecule has 2 heteroatoms. The number of Topliss-reactive ketones (excluding diaryl/α,β-unsaturated/α-hetero) is 1. The molecule has 0 saturated heterocycles. The predicted molar refractivity (Wildman–Crippen MR) is 45.2 cm³/mol. The molecule has 0 aliphatic heterocycles. The lowest BCUT2D eigenvalue weighted by Gasteiger charge is -2.12. The minimum absolute atomic E-state index is 0.164. The monoisotopic (exact) mass is 155 g/mol. The first-order chi connectivity index (χ1) is 5.25. The van der Waals surface area contributed by atoms with Crippen molar-refractivity contribution < 1.29 is 4.79 Å². The molecule has 0 aromatic heterocycles. The maximum absolute atomic E-state index is 11.5. The number of hydrogen-bond donors (Lipinski definition) is 1. The summed E-state index contributed by atoms with van der Waals surface area (Å²) in [6.07, 6.45) is 5.23. The van der Waals surface area contributed by atoms with Crippen molar-refractivity contribution in [3.8, 4) is 0 Å². The number of carbonyl (C=O) groups excluding carboxylic acids is 1. The first-order valence-corrected chi connectivity index (χ1v) is 4.55. The second kappa shape index (κ2) is 3.86. The maximum Gasteiger partial charge on any atom is 0.152 e. The molecule has 2 nitrogen and oxygen atoms in total. The van der Waals surface area contributed by atoms with Gasteiger partial charge < -0.3 is 5.73 Å². The van der Waals surface area contributed by atoms with Crippen LogP contribution in [0.15, 0.2) is 0 Å². The van der Waals surface area contributed by atoms with E-state index in [0.29, 0.717) is 5.78 Å². The molecular weight excluding hydrogens is 138 g/mol. The Balaban J connectivity index is 2.56. The van der Waals surface area contributed by atoms with Gasteiger partial charge in [-0.3, -0.25) is 4.79 Å². The fraction of sp³-hybridized carbons (Fsp3) is 0.889. The van der Waals surface area contributed by atoms with Crippen LogP contribution < -0.4 is 5.73 Å². The van der Waals surface area contributed by atoms with Crippen LogP contribution in [0.5, 0.6) is 0 Å². The van der Waals surface area contributed by atoms with E-state index in [1.54, 1.807) is 0 Å². The Labute approximate surface area is 68.2 Å². The van der Waals surface area contributed by atoms with E-state index in [1.807, 2.05) is 0 Å². The summed E-state index contributed by atoms with van der Waals surface area (Å²) >= 11 is 0. The molecule has 64 valence electrons. The molecule has 1 fully saturated rings. The van der Waals surface area contributed by atoms with E-state index in [2.05, 4.69) is 6.92 Å². The van der Waals surface area contributed by atoms with Crippen LogP contribution in [0.1, 0.15) is 39.0 Å². The Kier molecular flexibility index (Phi) is 3.06. The second-order valence-electron chi connectivity index (χ2n) is 3.40. The number of hydrogen-bond acceptors (Lipinski definition) is 2. The van der Waals surface area contributed by atoms with Gasteiger partial charge in [0.2, 0.25) is 0 Å². The molecule has 2 N–H and O–H groups in total. The van der Waals surface area contributed by atoms with Crippen LogP contribution in [0, 0.1) is 5.92 Å². The van der Waals surface area contributed by atoms with E-state index in [0.717, 1.165) is 25.7 Å². The first kappa shape index (κ1) is 8.72. The largest absolute Gasteiger partial charge is 0.321 e. The van der Waals surface area contributed by atoms with Gasteiger partial charge >= 0.3 is 0 Å². The summed E-state index contributed by atoms with van der Waals surface area (Å²) in [5, 5.41) is 0. The van der Waals surface area contributed by atoms with E-state index in [-0.39, 0.29) is 12.0 Å². The highest BCUT2D eigenvalue weighted by atomic mass is 16.1. The molecule has 0 heterocycles. The van der Waals surface area contributed by atoms with Gasteiger partial charge in [0.1, 0.15) is 0 Å². The van der Waals surface area contributed by atoms with Gasteiger partial charge in [0.05, 0.1) is 6.04 Å². The molecule has 0 amide bonds. The van der Waals surface area contributed by atoms with Crippen molar-refractivity contribution in [2.24, 2.45) is 11.7 Å². The Morgan fingerprint density at radius 1 is 1.45 bits per heavy atom. The molecule has 1 saturated carbocycles. The molecule has 1 aliphatic rings. The van der Waals surface area contributed by atoms with Crippen LogP contribution in [-0.2, 0) is 4.79 Å². The standard InChI is InChI=1S/C9H17NO/c1-2-7-5-3-4-6-8(10)9(7)11/h7-8H,2-6,10H2,1H3. The summed E-state index contributed by atoms with van der Waals surface area (Å²) in [4.78, 5) is 11.5. The van der Waals surface area contributed by atoms with E-state index in [9.17, 15) is 4.79 Å². The van der Waals surface area contributed by atoms with Crippen molar-refractivity contribution in [2.45, 2.75) is 45.1 Å². The summed E-state index contributed by atoms with van der Waals surface area (Å²) in [7, 11) is 0. The van der Waals surface area contributed by atoms with E-state index < -0.39 is 0 Å². The SMILES string of the molecule is CCC1CCCCC(N)C1=O. The first-order valence-electron chi connectivity index (χ1n) is 4.55. The zero-order chi connectivity index (χ0) is 8.27. The average molecular weight is 155 g/mol. The van der Waals surface area contributed by atoms with Crippen LogP contribution >= 0.6 is 0 Å². The molecule has 11 heavy (non-hydrogen) atoms. The Morgan fingerprint density at radius 2 is 2.09 bits per heavy atom. The third kappa shape index (κ3) is 2.03. The van der Waals surface area contributed by atoms with Crippen LogP contribution in [0.4, 0.5) is 0 Å². The van der Waals surface area contributed by atoms with Gasteiger partial charge in [-0.2, -0.15) is 0 Å². The van der Waals surface area contributed by atoms with Crippen LogP contribution in [0.25, 0.3) is 0 Å². The number of carbonyl (C=O) groups is 1. The third-order valence-corrected chi connectivity index (χ3v) is 2.58. The summed E-state index contributed by atoms with van der Waals surface area (Å²) in [6, 6.07) is -0.164. The third-order valence-electron chi connectivity index (χ3n) is 2.58. The van der Waals surface area contributed by atoms with Gasteiger partial charge in [-0.05, 0) is 19.3 Å². The van der Waals surface area contributed by atoms with Gasteiger partial charge in [-0.25, -0.2) is 0 Å². The van der Waals surface area contributed by atoms with E-state index in [4.69, 9.17) is 5.73 Å². The molecule has 2 atom stereocenters. The highest BCUT2D eigenvalue weighted by Crippen LogP contribution is 2.21. The van der Waals surface area contributed by atoms with Crippen molar-refractivity contribution in [1.29, 1.82) is 0 Å². The molecule has 0 spiro atoms. The van der Waals surface area contributed by atoms with E-state index >= 15 is 0 Å². The lowest BCUT2D eigenvalue weighted by Crippen LogP contribution is -2.33. The summed E-state index contributed by atoms with van der Waals surface area (Å²) in [5.74, 6) is 0.553. The fourth-order valence-corrected chi connectivity index (χ4v) is 1.75. The molecule has 1 rings (SSSR count). The molecule has 0 aromatic rings. The topological polar surface area (TPSA) is 43.1 Å². The smallest absolute Gasteiger partial charge is 0.152 e. The minimum Gasteiger partial charge on any atom is -0.321 e. The lowest BCUT2D eigenvalue weighted by molar-refractivity contribution is -0.124. The van der Waals surface area contributed by atoms with Gasteiger partial charge in [0.25, 0.3) is 0 Å². The number of ketones is 1. The molecule has 0 aromatic carbocycles. The maximum atomic E-state index is 11.5. The van der Waals surface area contributed by atoms with Crippen LogP contribution in [0.3, 0.4) is 0 Å². The van der Waals surface area contributed by atoms with Crippen molar-refractivity contribution in [3.63, 3.8) is 0 Å². The molecule has 2 unspecified atom stereocenters. The minimum atomic E-state index is -0.164. The van der Waals surface area contributed by atoms with E-state index in [1.165, 1.54) is 6.42 Å². The van der Waals surface area contributed by atoms with Crippen molar-refractivity contribution >= 4 is 5.78 Å². The molecule has 0 radical (unpaired) electrons. The normalized spacial score (nSPS) is 33.5. The van der Waals surface area contributed by atoms with Crippen molar-refractivity contribution in [3.05, 3.63) is 0 Å². The van der Waals surface area contributed by atoms with Crippen LogP contribution in [-0.4, -0.2) is 11.8 Å². The van der Waals surface area contributed by atoms with Crippen LogP contribution in [0.2, 0.25) is 0 Å². The Morgan fingerprint density at radius 3 is 2.73 bits per heavy atom. The van der Waals surface area contributed by atoms with Gasteiger partial charge in [0.15, 0.2) is 5.78 Å². The second-order valence-corrected chi connectivity index (χ2v) is 3.40. The zero-order valence-electron chi connectivity index (χ0n) is 7.18. The Hall–Kier alpha value is -0.370. The quantitative estimate of drug-likeness (QED) is 0.583. The van der Waals surface area contributed by atoms with Crippen molar-refractivity contribution in [1.82, 2.24) is 0 Å². The lowest BCUT2D eigenvalue weighted by atomic mass is 9.94. The summed E-state index contributed by atoms with van der Waals surface area (Å²) < 4.78 is 0. The fourth-order valence-electron chi connectivity index (χ4n) is 1.75. The zero-order valence-corrected chi connectivity index (χ0v) is 7.18. The average Bonchev–Trinajstić information content (AvgIpc) is 2.16. The van der Waals surface area contributed by atoms with Gasteiger partial charge in [-0.1, -0.05) is 19.8 Å². The van der Waals surface area contributed by atoms with Gasteiger partial charge in [0, 0.05) is 5.92 Å². The molecular formula is C9H17NO. The number of rotatable bonds is 1. The van der Waals surface area contributed by atoms with Gasteiger partial charge in [-0.15, -0.1) is 0 Å². The molecule has 0 bridgehead atoms. The highest BCUT2D eigenvalue weighted by molar-refractivity contribution is 5.86. The number of nitrogens with two attached hydrogens (primary N) is 1. The highest BCUT2D eigenvalue weighted by Gasteiger charge is 2.24. The van der Waals surface area contributed by atoms with Crippen molar-refractivity contribution in [2.75, 3.05) is 0 Å². The predicted octanol–water partition coefficient (Wildman–Crippen LogP) is 1.48. The summed E-state index contributed by atoms with van der Waals surface area (Å²) in [6.45, 7) is 2.07. The molecule has 1 aliphatic carbocycles. The Bertz CT molecular complexity index is 144.